The number of hydrogen-bond donors (Lipinski definition) is 2. The Labute approximate surface area is 170 Å². The van der Waals surface area contributed by atoms with Gasteiger partial charge >= 0.3 is 6.61 Å². The number of nitrogens with one attached hydrogen (secondary N) is 1. The quantitative estimate of drug-likeness (QED) is 0.564. The highest BCUT2D eigenvalue weighted by Crippen LogP contribution is 2.31. The molecule has 0 atom stereocenters. The summed E-state index contributed by atoms with van der Waals surface area (Å²) in [6, 6.07) is 15.4. The molecule has 3 aromatic rings. The minimum absolute atomic E-state index is 0.0237. The molecule has 0 amide bonds. The number of anilines is 3. The summed E-state index contributed by atoms with van der Waals surface area (Å²) in [4.78, 5) is 12.2. The molecule has 0 saturated heterocycles. The van der Waals surface area contributed by atoms with Gasteiger partial charge < -0.3 is 20.5 Å². The Morgan fingerprint density at radius 3 is 2.57 bits per heavy atom. The molecule has 0 spiro atoms. The van der Waals surface area contributed by atoms with E-state index in [4.69, 9.17) is 10.5 Å². The highest BCUT2D eigenvalue weighted by atomic mass is 19.3. The van der Waals surface area contributed by atoms with Crippen molar-refractivity contribution < 1.29 is 18.3 Å². The number of nitriles is 1. The Kier molecular flexibility index (Phi) is 6.34. The van der Waals surface area contributed by atoms with Crippen molar-refractivity contribution in [1.29, 1.82) is 5.26 Å². The van der Waals surface area contributed by atoms with E-state index in [1.807, 2.05) is 36.4 Å². The standard InChI is InChI=1S/C20H16F2N6O2/c1-29-15-8-7-12(10-16(15)30-18(21)22)9-13(11-23)17-26-19(24)28-20(27-17)25-14-5-3-2-4-6-14/h2-10,18H,1H3,(H3,24,25,26,27,28)/b13-9-. The second-order valence-corrected chi connectivity index (χ2v) is 5.79. The lowest BCUT2D eigenvalue weighted by atomic mass is 10.1. The summed E-state index contributed by atoms with van der Waals surface area (Å²) in [5.41, 5.74) is 6.93. The number of nitrogens with two attached hydrogens (primary N) is 1. The number of rotatable bonds is 7. The molecular weight excluding hydrogens is 394 g/mol. The molecule has 1 aromatic heterocycles. The lowest BCUT2D eigenvalue weighted by molar-refractivity contribution is -0.0512. The molecule has 0 aliphatic carbocycles. The first-order chi connectivity index (χ1) is 14.5. The highest BCUT2D eigenvalue weighted by molar-refractivity contribution is 5.87. The normalized spacial score (nSPS) is 11.1. The average Bonchev–Trinajstić information content (AvgIpc) is 2.72. The molecule has 0 bridgehead atoms. The van der Waals surface area contributed by atoms with Crippen LogP contribution in [0.1, 0.15) is 11.4 Å². The third-order valence-corrected chi connectivity index (χ3v) is 3.76. The van der Waals surface area contributed by atoms with E-state index in [1.165, 1.54) is 25.3 Å². The summed E-state index contributed by atoms with van der Waals surface area (Å²) in [5, 5.41) is 12.5. The molecular formula is C20H16F2N6O2. The number of nitrogens with zero attached hydrogens (tertiary/aromatic N) is 4. The van der Waals surface area contributed by atoms with Crippen molar-refractivity contribution in [3.8, 4) is 17.6 Å². The molecule has 0 aliphatic rings. The first-order valence-electron chi connectivity index (χ1n) is 8.57. The van der Waals surface area contributed by atoms with Crippen LogP contribution in [0, 0.1) is 11.3 Å². The van der Waals surface area contributed by atoms with Crippen LogP contribution in [0.15, 0.2) is 48.5 Å². The van der Waals surface area contributed by atoms with Gasteiger partial charge in [0.05, 0.1) is 12.7 Å². The van der Waals surface area contributed by atoms with Crippen molar-refractivity contribution in [3.63, 3.8) is 0 Å². The summed E-state index contributed by atoms with van der Waals surface area (Å²) in [6.07, 6.45) is 1.42. The van der Waals surface area contributed by atoms with E-state index in [2.05, 4.69) is 25.0 Å². The van der Waals surface area contributed by atoms with E-state index in [0.717, 1.165) is 5.69 Å². The van der Waals surface area contributed by atoms with Crippen LogP contribution in [-0.4, -0.2) is 28.7 Å². The van der Waals surface area contributed by atoms with Gasteiger partial charge in [0.1, 0.15) is 6.07 Å². The number of alkyl halides is 2. The van der Waals surface area contributed by atoms with Crippen molar-refractivity contribution in [2.24, 2.45) is 0 Å². The first kappa shape index (κ1) is 20.5. The molecule has 3 N–H and O–H groups in total. The van der Waals surface area contributed by atoms with Crippen LogP contribution in [0.25, 0.3) is 11.6 Å². The number of nitrogen functional groups attached to an aromatic ring is 1. The van der Waals surface area contributed by atoms with Crippen LogP contribution in [0.5, 0.6) is 11.5 Å². The van der Waals surface area contributed by atoms with Gasteiger partial charge in [0.2, 0.25) is 11.9 Å². The maximum absolute atomic E-state index is 12.6. The van der Waals surface area contributed by atoms with Crippen molar-refractivity contribution in [3.05, 3.63) is 59.9 Å². The third-order valence-electron chi connectivity index (χ3n) is 3.76. The molecule has 0 unspecified atom stereocenters. The summed E-state index contributed by atoms with van der Waals surface area (Å²) < 4.78 is 34.7. The minimum atomic E-state index is -3.02. The number of hydrogen-bond acceptors (Lipinski definition) is 8. The van der Waals surface area contributed by atoms with Crippen LogP contribution in [-0.2, 0) is 0 Å². The van der Waals surface area contributed by atoms with Gasteiger partial charge in [0, 0.05) is 5.69 Å². The Morgan fingerprint density at radius 2 is 1.90 bits per heavy atom. The molecule has 0 saturated carbocycles. The topological polar surface area (TPSA) is 119 Å². The molecule has 2 aromatic carbocycles. The summed E-state index contributed by atoms with van der Waals surface area (Å²) in [7, 11) is 1.33. The van der Waals surface area contributed by atoms with Gasteiger partial charge in [-0.1, -0.05) is 24.3 Å². The van der Waals surface area contributed by atoms with E-state index in [-0.39, 0.29) is 34.8 Å². The summed E-state index contributed by atoms with van der Waals surface area (Å²) in [5.74, 6) is 0.0535. The zero-order chi connectivity index (χ0) is 21.5. The Balaban J connectivity index is 1.96. The largest absolute Gasteiger partial charge is 0.493 e. The van der Waals surface area contributed by atoms with Gasteiger partial charge in [-0.25, -0.2) is 0 Å². The molecule has 3 rings (SSSR count). The van der Waals surface area contributed by atoms with Gasteiger partial charge in [-0.05, 0) is 35.9 Å². The smallest absolute Gasteiger partial charge is 0.387 e. The number of ether oxygens (including phenoxy) is 2. The molecule has 30 heavy (non-hydrogen) atoms. The fraction of sp³-hybridized carbons (Fsp3) is 0.100. The van der Waals surface area contributed by atoms with Crippen LogP contribution in [0.4, 0.5) is 26.4 Å². The molecule has 1 heterocycles. The van der Waals surface area contributed by atoms with E-state index < -0.39 is 6.61 Å². The van der Waals surface area contributed by atoms with E-state index in [9.17, 15) is 14.0 Å². The molecule has 0 aliphatic heterocycles. The fourth-order valence-electron chi connectivity index (χ4n) is 2.50. The monoisotopic (exact) mass is 410 g/mol. The van der Waals surface area contributed by atoms with Crippen molar-refractivity contribution in [1.82, 2.24) is 15.0 Å². The predicted molar refractivity (Wildman–Crippen MR) is 107 cm³/mol. The van der Waals surface area contributed by atoms with E-state index in [1.54, 1.807) is 6.07 Å². The zero-order valence-electron chi connectivity index (χ0n) is 15.7. The molecule has 8 nitrogen and oxygen atoms in total. The second-order valence-electron chi connectivity index (χ2n) is 5.79. The second kappa shape index (κ2) is 9.29. The fourth-order valence-corrected chi connectivity index (χ4v) is 2.50. The Bertz CT molecular complexity index is 1100. The SMILES string of the molecule is COc1ccc(/C=C(/C#N)c2nc(N)nc(Nc3ccccc3)n2)cc1OC(F)F. The number of para-hydroxylation sites is 1. The van der Waals surface area contributed by atoms with Gasteiger partial charge in [0.15, 0.2) is 17.3 Å². The van der Waals surface area contributed by atoms with E-state index in [0.29, 0.717) is 5.56 Å². The molecule has 152 valence electrons. The zero-order valence-corrected chi connectivity index (χ0v) is 15.7. The lowest BCUT2D eigenvalue weighted by Gasteiger charge is -2.10. The summed E-state index contributed by atoms with van der Waals surface area (Å²) in [6.45, 7) is -3.02. The Morgan fingerprint density at radius 1 is 1.13 bits per heavy atom. The maximum atomic E-state index is 12.6. The van der Waals surface area contributed by atoms with Crippen LogP contribution >= 0.6 is 0 Å². The van der Waals surface area contributed by atoms with Crippen LogP contribution < -0.4 is 20.5 Å². The van der Waals surface area contributed by atoms with Crippen molar-refractivity contribution in [2.45, 2.75) is 6.61 Å². The molecule has 0 fully saturated rings. The van der Waals surface area contributed by atoms with E-state index >= 15 is 0 Å². The van der Waals surface area contributed by atoms with Crippen LogP contribution in [0.2, 0.25) is 0 Å². The highest BCUT2D eigenvalue weighted by Gasteiger charge is 2.13. The van der Waals surface area contributed by atoms with Crippen molar-refractivity contribution >= 4 is 29.2 Å². The number of benzene rings is 2. The van der Waals surface area contributed by atoms with Gasteiger partial charge in [-0.2, -0.15) is 29.0 Å². The van der Waals surface area contributed by atoms with Gasteiger partial charge in [-0.15, -0.1) is 0 Å². The van der Waals surface area contributed by atoms with Gasteiger partial charge in [-0.3, -0.25) is 0 Å². The average molecular weight is 410 g/mol. The van der Waals surface area contributed by atoms with Crippen molar-refractivity contribution in [2.75, 3.05) is 18.2 Å². The molecule has 10 heteroatoms. The number of halogens is 2. The minimum Gasteiger partial charge on any atom is -0.493 e. The Hall–Kier alpha value is -4.26. The predicted octanol–water partition coefficient (Wildman–Crippen LogP) is 3.87. The first-order valence-corrected chi connectivity index (χ1v) is 8.57. The lowest BCUT2D eigenvalue weighted by Crippen LogP contribution is -2.06. The maximum Gasteiger partial charge on any atom is 0.387 e. The summed E-state index contributed by atoms with van der Waals surface area (Å²) >= 11 is 0. The number of methoxy groups -OCH3 is 1. The number of allylic oxidation sites excluding steroid dienone is 1. The van der Waals surface area contributed by atoms with Gasteiger partial charge in [0.25, 0.3) is 0 Å². The third kappa shape index (κ3) is 5.17. The number of aromatic nitrogens is 3. The molecule has 0 radical (unpaired) electrons. The van der Waals surface area contributed by atoms with Crippen LogP contribution in [0.3, 0.4) is 0 Å².